The van der Waals surface area contributed by atoms with Gasteiger partial charge in [-0.2, -0.15) is 0 Å². The van der Waals surface area contributed by atoms with E-state index in [1.54, 1.807) is 0 Å². The van der Waals surface area contributed by atoms with E-state index in [2.05, 4.69) is 46.8 Å². The van der Waals surface area contributed by atoms with Crippen molar-refractivity contribution in [1.82, 2.24) is 9.88 Å². The summed E-state index contributed by atoms with van der Waals surface area (Å²) in [6.07, 6.45) is 3.24. The molecular formula is C19H21N3O. The molecule has 1 aromatic carbocycles. The second kappa shape index (κ2) is 6.65. The predicted octanol–water partition coefficient (Wildman–Crippen LogP) is 2.89. The normalized spacial score (nSPS) is 14.7. The highest BCUT2D eigenvalue weighted by atomic mass is 16.2. The molecule has 1 fully saturated rings. The molecule has 0 aliphatic carbocycles. The standard InChI is InChI=1S/C19H21N3O/c1-3-19(23)22-11-9-21(10-12-22)18-6-4-5-16(14-18)17-7-8-20-15(2)13-17/h3-8,13-14H,1,9-12H2,2H3. The Morgan fingerprint density at radius 2 is 1.87 bits per heavy atom. The van der Waals surface area contributed by atoms with E-state index in [4.69, 9.17) is 0 Å². The smallest absolute Gasteiger partial charge is 0.246 e. The lowest BCUT2D eigenvalue weighted by molar-refractivity contribution is -0.126. The largest absolute Gasteiger partial charge is 0.368 e. The Labute approximate surface area is 137 Å². The first-order valence-corrected chi connectivity index (χ1v) is 7.87. The van der Waals surface area contributed by atoms with E-state index in [9.17, 15) is 4.79 Å². The van der Waals surface area contributed by atoms with Gasteiger partial charge in [0.15, 0.2) is 0 Å². The number of anilines is 1. The first-order valence-electron chi connectivity index (χ1n) is 7.87. The summed E-state index contributed by atoms with van der Waals surface area (Å²) in [5.74, 6) is 0.0191. The van der Waals surface area contributed by atoms with E-state index in [1.165, 1.54) is 22.9 Å². The van der Waals surface area contributed by atoms with Crippen LogP contribution in [-0.2, 0) is 4.79 Å². The number of rotatable bonds is 3. The van der Waals surface area contributed by atoms with Crippen LogP contribution in [0, 0.1) is 6.92 Å². The molecule has 0 bridgehead atoms. The Balaban J connectivity index is 1.76. The molecule has 1 aliphatic heterocycles. The Bertz CT molecular complexity index is 718. The zero-order valence-corrected chi connectivity index (χ0v) is 13.4. The quantitative estimate of drug-likeness (QED) is 0.818. The third-order valence-corrected chi connectivity index (χ3v) is 4.21. The maximum Gasteiger partial charge on any atom is 0.246 e. The van der Waals surface area contributed by atoms with Gasteiger partial charge >= 0.3 is 0 Å². The van der Waals surface area contributed by atoms with E-state index in [0.29, 0.717) is 0 Å². The summed E-state index contributed by atoms with van der Waals surface area (Å²) in [6.45, 7) is 8.73. The maximum atomic E-state index is 11.7. The third kappa shape index (κ3) is 3.42. The predicted molar refractivity (Wildman–Crippen MR) is 93.4 cm³/mol. The number of pyridine rings is 1. The minimum Gasteiger partial charge on any atom is -0.368 e. The molecule has 23 heavy (non-hydrogen) atoms. The van der Waals surface area contributed by atoms with Crippen LogP contribution in [0.4, 0.5) is 5.69 Å². The fraction of sp³-hybridized carbons (Fsp3) is 0.263. The summed E-state index contributed by atoms with van der Waals surface area (Å²) in [5.41, 5.74) is 4.59. The van der Waals surface area contributed by atoms with Gasteiger partial charge in [-0.05, 0) is 48.4 Å². The lowest BCUT2D eigenvalue weighted by Gasteiger charge is -2.35. The Hall–Kier alpha value is -2.62. The molecular weight excluding hydrogens is 286 g/mol. The van der Waals surface area contributed by atoms with Crippen molar-refractivity contribution in [1.29, 1.82) is 0 Å². The van der Waals surface area contributed by atoms with E-state index in [1.807, 2.05) is 24.1 Å². The van der Waals surface area contributed by atoms with Gasteiger partial charge in [-0.25, -0.2) is 0 Å². The molecule has 118 valence electrons. The zero-order valence-electron chi connectivity index (χ0n) is 13.4. The van der Waals surface area contributed by atoms with Crippen LogP contribution in [0.3, 0.4) is 0 Å². The minimum absolute atomic E-state index is 0.0191. The van der Waals surface area contributed by atoms with E-state index in [0.717, 1.165) is 31.9 Å². The minimum atomic E-state index is 0.0191. The van der Waals surface area contributed by atoms with Gasteiger partial charge in [-0.15, -0.1) is 0 Å². The number of hydrogen-bond donors (Lipinski definition) is 0. The molecule has 0 N–H and O–H groups in total. The van der Waals surface area contributed by atoms with Gasteiger partial charge in [0, 0.05) is 43.8 Å². The summed E-state index contributed by atoms with van der Waals surface area (Å²) < 4.78 is 0. The maximum absolute atomic E-state index is 11.7. The monoisotopic (exact) mass is 307 g/mol. The molecule has 2 aromatic rings. The molecule has 3 rings (SSSR count). The van der Waals surface area contributed by atoms with Gasteiger partial charge in [0.05, 0.1) is 0 Å². The molecule has 0 radical (unpaired) electrons. The SMILES string of the molecule is C=CC(=O)N1CCN(c2cccc(-c3ccnc(C)c3)c2)CC1. The number of amides is 1. The first-order chi connectivity index (χ1) is 11.2. The van der Waals surface area contributed by atoms with Crippen molar-refractivity contribution >= 4 is 11.6 Å². The summed E-state index contributed by atoms with van der Waals surface area (Å²) in [6, 6.07) is 12.7. The van der Waals surface area contributed by atoms with Gasteiger partial charge < -0.3 is 9.80 Å². The summed E-state index contributed by atoms with van der Waals surface area (Å²) in [4.78, 5) is 20.1. The zero-order chi connectivity index (χ0) is 16.2. The van der Waals surface area contributed by atoms with E-state index < -0.39 is 0 Å². The Kier molecular flexibility index (Phi) is 4.42. The fourth-order valence-corrected chi connectivity index (χ4v) is 2.92. The highest BCUT2D eigenvalue weighted by Gasteiger charge is 2.19. The molecule has 0 spiro atoms. The molecule has 1 aromatic heterocycles. The average molecular weight is 307 g/mol. The summed E-state index contributed by atoms with van der Waals surface area (Å²) >= 11 is 0. The second-order valence-corrected chi connectivity index (χ2v) is 5.75. The number of nitrogens with zero attached hydrogens (tertiary/aromatic N) is 3. The number of aromatic nitrogens is 1. The number of aryl methyl sites for hydroxylation is 1. The highest BCUT2D eigenvalue weighted by molar-refractivity contribution is 5.87. The molecule has 4 heteroatoms. The number of carbonyl (C=O) groups excluding carboxylic acids is 1. The van der Waals surface area contributed by atoms with Crippen LogP contribution in [0.5, 0.6) is 0 Å². The van der Waals surface area contributed by atoms with Crippen LogP contribution in [0.15, 0.2) is 55.3 Å². The highest BCUT2D eigenvalue weighted by Crippen LogP contribution is 2.25. The molecule has 1 aliphatic rings. The summed E-state index contributed by atoms with van der Waals surface area (Å²) in [5, 5.41) is 0. The van der Waals surface area contributed by atoms with Gasteiger partial charge in [-0.1, -0.05) is 18.7 Å². The van der Waals surface area contributed by atoms with Crippen molar-refractivity contribution in [3.05, 3.63) is 60.9 Å². The van der Waals surface area contributed by atoms with Crippen molar-refractivity contribution < 1.29 is 4.79 Å². The van der Waals surface area contributed by atoms with Crippen LogP contribution in [0.1, 0.15) is 5.69 Å². The summed E-state index contributed by atoms with van der Waals surface area (Å²) in [7, 11) is 0. The molecule has 4 nitrogen and oxygen atoms in total. The average Bonchev–Trinajstić information content (AvgIpc) is 2.61. The molecule has 0 saturated carbocycles. The van der Waals surface area contributed by atoms with Crippen LogP contribution in [0.2, 0.25) is 0 Å². The number of hydrogen-bond acceptors (Lipinski definition) is 3. The molecule has 0 unspecified atom stereocenters. The van der Waals surface area contributed by atoms with Crippen molar-refractivity contribution in [3.8, 4) is 11.1 Å². The Morgan fingerprint density at radius 3 is 2.57 bits per heavy atom. The van der Waals surface area contributed by atoms with Crippen LogP contribution in [0.25, 0.3) is 11.1 Å². The van der Waals surface area contributed by atoms with Crippen LogP contribution >= 0.6 is 0 Å². The molecule has 2 heterocycles. The van der Waals surface area contributed by atoms with Gasteiger partial charge in [0.1, 0.15) is 0 Å². The number of benzene rings is 1. The molecule has 1 saturated heterocycles. The van der Waals surface area contributed by atoms with E-state index in [-0.39, 0.29) is 5.91 Å². The third-order valence-electron chi connectivity index (χ3n) is 4.21. The van der Waals surface area contributed by atoms with Crippen LogP contribution < -0.4 is 4.90 Å². The van der Waals surface area contributed by atoms with Crippen molar-refractivity contribution in [2.45, 2.75) is 6.92 Å². The lowest BCUT2D eigenvalue weighted by atomic mass is 10.0. The van der Waals surface area contributed by atoms with Crippen molar-refractivity contribution in [2.24, 2.45) is 0 Å². The molecule has 0 atom stereocenters. The van der Waals surface area contributed by atoms with Gasteiger partial charge in [0.25, 0.3) is 0 Å². The van der Waals surface area contributed by atoms with E-state index >= 15 is 0 Å². The Morgan fingerprint density at radius 1 is 1.13 bits per heavy atom. The topological polar surface area (TPSA) is 36.4 Å². The van der Waals surface area contributed by atoms with Crippen molar-refractivity contribution in [2.75, 3.05) is 31.1 Å². The first kappa shape index (κ1) is 15.3. The van der Waals surface area contributed by atoms with Crippen LogP contribution in [-0.4, -0.2) is 42.0 Å². The lowest BCUT2D eigenvalue weighted by Crippen LogP contribution is -2.48. The number of carbonyl (C=O) groups is 1. The molecule has 1 amide bonds. The van der Waals surface area contributed by atoms with Gasteiger partial charge in [-0.3, -0.25) is 9.78 Å². The van der Waals surface area contributed by atoms with Crippen molar-refractivity contribution in [3.63, 3.8) is 0 Å². The van der Waals surface area contributed by atoms with Gasteiger partial charge in [0.2, 0.25) is 5.91 Å². The second-order valence-electron chi connectivity index (χ2n) is 5.75. The fourth-order valence-electron chi connectivity index (χ4n) is 2.92. The number of piperazine rings is 1.